The van der Waals surface area contributed by atoms with Crippen LogP contribution in [0.4, 0.5) is 11.4 Å². The van der Waals surface area contributed by atoms with Crippen molar-refractivity contribution in [2.75, 3.05) is 23.8 Å². The van der Waals surface area contributed by atoms with Crippen molar-refractivity contribution in [3.63, 3.8) is 0 Å². The first-order valence-electron chi connectivity index (χ1n) is 15.9. The molecule has 0 saturated carbocycles. The van der Waals surface area contributed by atoms with Crippen molar-refractivity contribution in [3.8, 4) is 11.5 Å². The van der Waals surface area contributed by atoms with Crippen molar-refractivity contribution in [1.29, 1.82) is 0 Å². The minimum absolute atomic E-state index is 0.210. The zero-order chi connectivity index (χ0) is 31.6. The normalized spacial score (nSPS) is 12.7. The van der Waals surface area contributed by atoms with Gasteiger partial charge < -0.3 is 20.1 Å². The number of fused-ring (bicyclic) bond motifs is 2. The van der Waals surface area contributed by atoms with Gasteiger partial charge in [0.05, 0.1) is 13.2 Å². The summed E-state index contributed by atoms with van der Waals surface area (Å²) in [5.41, 5.74) is 8.42. The first kappa shape index (κ1) is 36.0. The van der Waals surface area contributed by atoms with Crippen molar-refractivity contribution >= 4 is 34.1 Å². The van der Waals surface area contributed by atoms with Crippen LogP contribution < -0.4 is 20.1 Å². The summed E-state index contributed by atoms with van der Waals surface area (Å²) in [7, 11) is 0. The molecule has 0 heterocycles. The van der Waals surface area contributed by atoms with Crippen molar-refractivity contribution in [3.05, 3.63) is 107 Å². The van der Waals surface area contributed by atoms with Gasteiger partial charge in [0.1, 0.15) is 11.5 Å². The minimum Gasteiger partial charge on any atom is -0.210 e. The Bertz CT molecular complexity index is 1250. The Hall–Kier alpha value is -2.47. The summed E-state index contributed by atoms with van der Waals surface area (Å²) in [4.78, 5) is 0. The molecule has 232 valence electrons. The molecule has 0 aromatic heterocycles. The Morgan fingerprint density at radius 3 is 1.39 bits per heavy atom. The van der Waals surface area contributed by atoms with E-state index < -0.39 is 0 Å². The number of nitrogens with one attached hydrogen (secondary N) is 2. The number of benzene rings is 2. The molecule has 6 rings (SSSR count). The molecule has 0 amide bonds. The first-order valence-corrected chi connectivity index (χ1v) is 22.5. The molecule has 0 spiro atoms. The van der Waals surface area contributed by atoms with E-state index in [1.807, 2.05) is 62.4 Å². The van der Waals surface area contributed by atoms with Gasteiger partial charge in [-0.1, -0.05) is 51.4 Å². The Kier molecular flexibility index (Phi) is 16.8. The van der Waals surface area contributed by atoms with Gasteiger partial charge in [-0.25, -0.2) is 12.1 Å². The number of hydrogen-bond acceptors (Lipinski definition) is 3. The molecule has 0 fully saturated rings. The Morgan fingerprint density at radius 1 is 0.682 bits per heavy atom. The molecule has 0 unspecified atom stereocenters. The predicted molar refractivity (Wildman–Crippen MR) is 190 cm³/mol. The van der Waals surface area contributed by atoms with Crippen molar-refractivity contribution in [2.24, 2.45) is 0 Å². The molecule has 0 saturated heterocycles. The standard InChI is InChI=1S/C17H20N2O2S.2C9H11.C2H6Si.Zr/c1-3-20-15-9-5-13(6-10-15)18-17(22)19-14-7-11-16(12-8-14)21-4-2;2*1-2-5-9-7-3-6-8(9)4-1;1-3-2;/h5-12H,3-4H2,1-2H3,(H2,18,19,22);2*3,6-7H,1-2,4-5H2;1-2H3;/q;2*-1;;+2. The van der Waals surface area contributed by atoms with Crippen LogP contribution >= 0.6 is 12.2 Å². The quantitative estimate of drug-likeness (QED) is 0.119. The summed E-state index contributed by atoms with van der Waals surface area (Å²) in [6.07, 6.45) is 10.9. The molecule has 4 aromatic rings. The van der Waals surface area contributed by atoms with Crippen LogP contribution in [0.1, 0.15) is 61.8 Å². The van der Waals surface area contributed by atoms with E-state index in [0.717, 1.165) is 22.9 Å². The molecule has 7 heteroatoms. The molecule has 2 aliphatic rings. The summed E-state index contributed by atoms with van der Waals surface area (Å²) in [6, 6.07) is 28.7. The topological polar surface area (TPSA) is 42.5 Å². The molecule has 2 aliphatic carbocycles. The van der Waals surface area contributed by atoms with Gasteiger partial charge in [0.2, 0.25) is 0 Å². The van der Waals surface area contributed by atoms with Crippen LogP contribution in [0.15, 0.2) is 84.9 Å². The van der Waals surface area contributed by atoms with Crippen LogP contribution in [0.5, 0.6) is 11.5 Å². The van der Waals surface area contributed by atoms with E-state index in [-0.39, 0.29) is 5.43 Å². The van der Waals surface area contributed by atoms with Crippen molar-refractivity contribution < 1.29 is 32.8 Å². The van der Waals surface area contributed by atoms with Gasteiger partial charge in [-0.2, -0.15) is 46.5 Å². The summed E-state index contributed by atoms with van der Waals surface area (Å²) in [5.74, 6) is 1.69. The van der Waals surface area contributed by atoms with Gasteiger partial charge in [0, 0.05) is 11.4 Å². The number of ether oxygens (including phenoxy) is 2. The van der Waals surface area contributed by atoms with Gasteiger partial charge in [0.25, 0.3) is 0 Å². The third-order valence-electron chi connectivity index (χ3n) is 7.15. The summed E-state index contributed by atoms with van der Waals surface area (Å²) in [6.45, 7) is 9.85. The number of thiocarbonyl (C=S) groups is 1. The van der Waals surface area contributed by atoms with Crippen LogP contribution in [0, 0.1) is 0 Å². The van der Waals surface area contributed by atoms with Crippen LogP contribution in [-0.2, 0) is 49.0 Å². The van der Waals surface area contributed by atoms with Gasteiger partial charge in [-0.05, 0) is 74.6 Å². The Labute approximate surface area is 286 Å². The molecular weight excluding hydrogens is 656 g/mol. The number of hydrogen-bond donors (Lipinski definition) is 2. The van der Waals surface area contributed by atoms with Crippen molar-refractivity contribution in [2.45, 2.75) is 78.3 Å². The molecule has 0 radical (unpaired) electrons. The van der Waals surface area contributed by atoms with Gasteiger partial charge in [-0.15, -0.1) is 0 Å². The first-order chi connectivity index (χ1) is 21.4. The summed E-state index contributed by atoms with van der Waals surface area (Å²) < 4.78 is 10.8. The maximum atomic E-state index is 5.40. The number of anilines is 2. The number of rotatable bonds is 6. The molecule has 0 bridgehead atoms. The monoisotopic (exact) mass is 702 g/mol. The molecular formula is C37H48N2O2SSiZr. The average Bonchev–Trinajstić information content (AvgIpc) is 3.70. The van der Waals surface area contributed by atoms with E-state index in [4.69, 9.17) is 21.7 Å². The second-order valence-electron chi connectivity index (χ2n) is 11.1. The molecule has 2 N–H and O–H groups in total. The van der Waals surface area contributed by atoms with E-state index >= 15 is 0 Å². The number of aryl methyl sites for hydroxylation is 4. The summed E-state index contributed by atoms with van der Waals surface area (Å²) in [5, 5.41) is 6.80. The fourth-order valence-corrected chi connectivity index (χ4v) is 5.36. The second kappa shape index (κ2) is 20.5. The Balaban J connectivity index is 0.000000195. The predicted octanol–water partition coefficient (Wildman–Crippen LogP) is 9.65. The van der Waals surface area contributed by atoms with E-state index in [9.17, 15) is 0 Å². The fourth-order valence-electron chi connectivity index (χ4n) is 5.12. The van der Waals surface area contributed by atoms with E-state index in [2.05, 4.69) is 60.1 Å². The van der Waals surface area contributed by atoms with Gasteiger partial charge >= 0.3 is 41.9 Å². The van der Waals surface area contributed by atoms with Crippen LogP contribution in [0.3, 0.4) is 0 Å². The largest absolute Gasteiger partial charge is 0.210 e. The average molecular weight is 704 g/mol. The minimum atomic E-state index is 0.210. The van der Waals surface area contributed by atoms with Gasteiger partial charge in [0.15, 0.2) is 5.11 Å². The zero-order valence-electron chi connectivity index (χ0n) is 26.9. The maximum Gasteiger partial charge on any atom is -0.0512 e. The second-order valence-corrected chi connectivity index (χ2v) is 20.8. The maximum absolute atomic E-state index is 5.40. The van der Waals surface area contributed by atoms with E-state index in [1.54, 1.807) is 45.6 Å². The SMILES string of the molecule is CCOc1ccc(NC(=S)Nc2ccc(OCC)cc2)cc1.C[Si](C)=[Zr+2].c1cc2c([cH-]1)CCCC2.c1cc2c([cH-]1)CCCC2. The van der Waals surface area contributed by atoms with Crippen molar-refractivity contribution in [1.82, 2.24) is 0 Å². The molecule has 0 atom stereocenters. The van der Waals surface area contributed by atoms with E-state index in [0.29, 0.717) is 18.3 Å². The zero-order valence-corrected chi connectivity index (χ0v) is 31.2. The molecule has 4 nitrogen and oxygen atoms in total. The smallest absolute Gasteiger partial charge is 0.0512 e. The fraction of sp³-hybridized carbons (Fsp3) is 0.378. The third kappa shape index (κ3) is 13.7. The van der Waals surface area contributed by atoms with Crippen LogP contribution in [0.2, 0.25) is 13.1 Å². The molecule has 44 heavy (non-hydrogen) atoms. The Morgan fingerprint density at radius 2 is 1.05 bits per heavy atom. The molecule has 0 aliphatic heterocycles. The van der Waals surface area contributed by atoms with Gasteiger partial charge in [-0.3, -0.25) is 0 Å². The van der Waals surface area contributed by atoms with Crippen LogP contribution in [-0.4, -0.2) is 23.8 Å². The third-order valence-corrected chi connectivity index (χ3v) is 7.35. The molecule has 4 aromatic carbocycles. The summed E-state index contributed by atoms with van der Waals surface area (Å²) >= 11 is 7.04. The van der Waals surface area contributed by atoms with E-state index in [1.165, 1.54) is 51.4 Å². The van der Waals surface area contributed by atoms with Crippen LogP contribution in [0.25, 0.3) is 0 Å².